The fourth-order valence-electron chi connectivity index (χ4n) is 4.32. The first-order chi connectivity index (χ1) is 19.2. The van der Waals surface area contributed by atoms with Crippen molar-refractivity contribution in [3.8, 4) is 11.5 Å². The Labute approximate surface area is 233 Å². The van der Waals surface area contributed by atoms with E-state index in [4.69, 9.17) is 21.1 Å². The zero-order valence-corrected chi connectivity index (χ0v) is 22.4. The molecule has 1 saturated heterocycles. The molecule has 13 heteroatoms. The molecule has 214 valence electrons. The SMILES string of the molecule is COc1ccc(CN2CCC(Nc3ncc(C(=O)Nc4ccc(Cl)cc4)c(C(F)(F)F)n3)CC2)cc1OCCF. The van der Waals surface area contributed by atoms with Gasteiger partial charge in [-0.3, -0.25) is 9.69 Å². The van der Waals surface area contributed by atoms with Crippen LogP contribution < -0.4 is 20.1 Å². The molecule has 2 heterocycles. The van der Waals surface area contributed by atoms with Crippen LogP contribution in [0.3, 0.4) is 0 Å². The van der Waals surface area contributed by atoms with E-state index in [0.29, 0.717) is 49.0 Å². The highest BCUT2D eigenvalue weighted by Gasteiger charge is 2.38. The molecule has 1 amide bonds. The number of likely N-dealkylation sites (tertiary alicyclic amines) is 1. The normalized spacial score (nSPS) is 14.6. The maximum Gasteiger partial charge on any atom is 0.434 e. The lowest BCUT2D eigenvalue weighted by Crippen LogP contribution is -2.39. The highest BCUT2D eigenvalue weighted by Crippen LogP contribution is 2.32. The number of nitrogens with zero attached hydrogens (tertiary/aromatic N) is 3. The minimum atomic E-state index is -4.86. The summed E-state index contributed by atoms with van der Waals surface area (Å²) >= 11 is 5.81. The molecular weight excluding hydrogens is 554 g/mol. The van der Waals surface area contributed by atoms with Crippen LogP contribution in [0, 0.1) is 0 Å². The molecule has 8 nitrogen and oxygen atoms in total. The second-order valence-electron chi connectivity index (χ2n) is 9.13. The maximum absolute atomic E-state index is 13.8. The number of amides is 1. The van der Waals surface area contributed by atoms with Gasteiger partial charge in [0.1, 0.15) is 13.3 Å². The topological polar surface area (TPSA) is 88.6 Å². The number of carbonyl (C=O) groups excluding carboxylic acids is 1. The number of anilines is 2. The summed E-state index contributed by atoms with van der Waals surface area (Å²) in [5.74, 6) is -0.186. The summed E-state index contributed by atoms with van der Waals surface area (Å²) in [6, 6.07) is 11.3. The quantitative estimate of drug-likeness (QED) is 0.291. The van der Waals surface area contributed by atoms with Gasteiger partial charge < -0.3 is 20.1 Å². The Morgan fingerprint density at radius 3 is 2.50 bits per heavy atom. The Bertz CT molecular complexity index is 1300. The monoisotopic (exact) mass is 581 g/mol. The van der Waals surface area contributed by atoms with Gasteiger partial charge in [-0.2, -0.15) is 13.2 Å². The number of piperidine rings is 1. The fourth-order valence-corrected chi connectivity index (χ4v) is 4.45. The van der Waals surface area contributed by atoms with Gasteiger partial charge in [-0.25, -0.2) is 14.4 Å². The zero-order valence-electron chi connectivity index (χ0n) is 21.6. The molecule has 40 heavy (non-hydrogen) atoms. The molecule has 0 bridgehead atoms. The lowest BCUT2D eigenvalue weighted by molar-refractivity contribution is -0.141. The number of rotatable bonds is 10. The molecule has 0 aliphatic carbocycles. The van der Waals surface area contributed by atoms with E-state index >= 15 is 0 Å². The van der Waals surface area contributed by atoms with Gasteiger partial charge in [0.2, 0.25) is 5.95 Å². The van der Waals surface area contributed by atoms with E-state index in [2.05, 4.69) is 25.5 Å². The lowest BCUT2D eigenvalue weighted by atomic mass is 10.0. The van der Waals surface area contributed by atoms with Crippen LogP contribution in [-0.4, -0.2) is 60.3 Å². The van der Waals surface area contributed by atoms with Gasteiger partial charge in [-0.15, -0.1) is 0 Å². The lowest BCUT2D eigenvalue weighted by Gasteiger charge is -2.32. The van der Waals surface area contributed by atoms with E-state index < -0.39 is 30.0 Å². The van der Waals surface area contributed by atoms with E-state index in [1.54, 1.807) is 6.07 Å². The molecule has 0 unspecified atom stereocenters. The largest absolute Gasteiger partial charge is 0.493 e. The highest BCUT2D eigenvalue weighted by molar-refractivity contribution is 6.30. The van der Waals surface area contributed by atoms with Crippen LogP contribution in [0.2, 0.25) is 5.02 Å². The number of ether oxygens (including phenoxy) is 2. The summed E-state index contributed by atoms with van der Waals surface area (Å²) in [5, 5.41) is 5.81. The van der Waals surface area contributed by atoms with Crippen LogP contribution in [0.5, 0.6) is 11.5 Å². The highest BCUT2D eigenvalue weighted by atomic mass is 35.5. The second-order valence-corrected chi connectivity index (χ2v) is 9.57. The van der Waals surface area contributed by atoms with Crippen molar-refractivity contribution in [2.75, 3.05) is 44.1 Å². The summed E-state index contributed by atoms with van der Waals surface area (Å²) in [7, 11) is 1.51. The van der Waals surface area contributed by atoms with Crippen molar-refractivity contribution in [1.82, 2.24) is 14.9 Å². The van der Waals surface area contributed by atoms with Gasteiger partial charge in [0, 0.05) is 42.6 Å². The third-order valence-corrected chi connectivity index (χ3v) is 6.55. The van der Waals surface area contributed by atoms with Gasteiger partial charge in [0.15, 0.2) is 17.2 Å². The first-order valence-corrected chi connectivity index (χ1v) is 12.9. The third kappa shape index (κ3) is 7.72. The number of methoxy groups -OCH3 is 1. The van der Waals surface area contributed by atoms with E-state index in [-0.39, 0.29) is 24.3 Å². The van der Waals surface area contributed by atoms with Crippen LogP contribution in [-0.2, 0) is 12.7 Å². The zero-order chi connectivity index (χ0) is 28.7. The molecule has 3 aromatic rings. The van der Waals surface area contributed by atoms with E-state index in [1.165, 1.54) is 31.4 Å². The molecule has 1 aliphatic rings. The van der Waals surface area contributed by atoms with E-state index in [0.717, 1.165) is 11.8 Å². The summed E-state index contributed by atoms with van der Waals surface area (Å²) in [6.45, 7) is 1.30. The first-order valence-electron chi connectivity index (χ1n) is 12.5. The number of benzene rings is 2. The Morgan fingerprint density at radius 2 is 1.85 bits per heavy atom. The van der Waals surface area contributed by atoms with Crippen molar-refractivity contribution in [3.63, 3.8) is 0 Å². The summed E-state index contributed by atoms with van der Waals surface area (Å²) in [4.78, 5) is 22.4. The fraction of sp³-hybridized carbons (Fsp3) is 0.370. The van der Waals surface area contributed by atoms with Crippen molar-refractivity contribution in [1.29, 1.82) is 0 Å². The smallest absolute Gasteiger partial charge is 0.434 e. The molecule has 1 aliphatic heterocycles. The molecule has 0 spiro atoms. The second kappa shape index (κ2) is 13.1. The van der Waals surface area contributed by atoms with Gasteiger partial charge in [-0.05, 0) is 54.8 Å². The number of alkyl halides is 4. The number of hydrogen-bond acceptors (Lipinski definition) is 7. The van der Waals surface area contributed by atoms with Crippen LogP contribution in [0.15, 0.2) is 48.7 Å². The van der Waals surface area contributed by atoms with Crippen LogP contribution in [0.25, 0.3) is 0 Å². The average molecular weight is 582 g/mol. The number of nitrogens with one attached hydrogen (secondary N) is 2. The van der Waals surface area contributed by atoms with Gasteiger partial charge >= 0.3 is 6.18 Å². The van der Waals surface area contributed by atoms with E-state index in [9.17, 15) is 22.4 Å². The Hall–Kier alpha value is -3.64. The number of hydrogen-bond donors (Lipinski definition) is 2. The van der Waals surface area contributed by atoms with Crippen molar-refractivity contribution in [3.05, 3.63) is 70.5 Å². The third-order valence-electron chi connectivity index (χ3n) is 6.29. The minimum absolute atomic E-state index is 0.0665. The molecule has 2 N–H and O–H groups in total. The summed E-state index contributed by atoms with van der Waals surface area (Å²) in [5.41, 5.74) is -0.752. The number of halogens is 5. The minimum Gasteiger partial charge on any atom is -0.493 e. The van der Waals surface area contributed by atoms with Gasteiger partial charge in [-0.1, -0.05) is 17.7 Å². The van der Waals surface area contributed by atoms with Crippen molar-refractivity contribution in [2.24, 2.45) is 0 Å². The molecule has 0 radical (unpaired) electrons. The van der Waals surface area contributed by atoms with Crippen molar-refractivity contribution in [2.45, 2.75) is 31.6 Å². The van der Waals surface area contributed by atoms with E-state index in [1.807, 2.05) is 12.1 Å². The standard InChI is InChI=1S/C27H28ClF4N5O3/c1-39-22-7-2-17(14-23(22)40-13-10-29)16-37-11-8-20(9-12-37)35-26-33-15-21(24(36-26)27(30,31)32)25(38)34-19-5-3-18(28)4-6-19/h2-7,14-15,20H,8-13,16H2,1H3,(H,34,38)(H,33,35,36). The Morgan fingerprint density at radius 1 is 1.12 bits per heavy atom. The van der Waals surface area contributed by atoms with Crippen molar-refractivity contribution >= 4 is 29.1 Å². The first kappa shape index (κ1) is 29.3. The predicted molar refractivity (Wildman–Crippen MR) is 143 cm³/mol. The van der Waals surface area contributed by atoms with Gasteiger partial charge in [0.25, 0.3) is 5.91 Å². The molecule has 2 aromatic carbocycles. The van der Waals surface area contributed by atoms with Crippen LogP contribution in [0.1, 0.15) is 34.5 Å². The molecular formula is C27H28ClF4N5O3. The molecule has 0 atom stereocenters. The average Bonchev–Trinajstić information content (AvgIpc) is 2.94. The molecule has 0 saturated carbocycles. The van der Waals surface area contributed by atoms with Crippen LogP contribution >= 0.6 is 11.6 Å². The predicted octanol–water partition coefficient (Wildman–Crippen LogP) is 5.83. The van der Waals surface area contributed by atoms with Gasteiger partial charge in [0.05, 0.1) is 12.7 Å². The number of aromatic nitrogens is 2. The molecule has 1 fully saturated rings. The molecule has 1 aromatic heterocycles. The van der Waals surface area contributed by atoms with Crippen LogP contribution in [0.4, 0.5) is 29.2 Å². The maximum atomic E-state index is 13.8. The van der Waals surface area contributed by atoms with Crippen molar-refractivity contribution < 1.29 is 31.8 Å². The summed E-state index contributed by atoms with van der Waals surface area (Å²) in [6.07, 6.45) is -2.69. The molecule has 4 rings (SSSR count). The number of carbonyl (C=O) groups is 1. The Balaban J connectivity index is 1.37. The summed E-state index contributed by atoms with van der Waals surface area (Å²) < 4.78 is 64.6. The Kier molecular flexibility index (Phi) is 9.64.